The fraction of sp³-hybridized carbons (Fsp3) is 0.273. The van der Waals surface area contributed by atoms with Crippen LogP contribution in [0.5, 0.6) is 0 Å². The van der Waals surface area contributed by atoms with Crippen molar-refractivity contribution in [1.29, 1.82) is 0 Å². The molecule has 2 aromatic rings. The maximum absolute atomic E-state index is 13.0. The average molecular weight is 255 g/mol. The van der Waals surface area contributed by atoms with E-state index < -0.39 is 17.7 Å². The van der Waals surface area contributed by atoms with E-state index in [0.717, 1.165) is 18.2 Å². The SMILES string of the molecule is NC(CCO)c1nc(-c2cc(F)cc(F)c2)no1. The highest BCUT2D eigenvalue weighted by Gasteiger charge is 2.16. The molecule has 1 aromatic carbocycles. The average Bonchev–Trinajstić information content (AvgIpc) is 2.77. The number of hydrogen-bond acceptors (Lipinski definition) is 5. The molecule has 1 heterocycles. The van der Waals surface area contributed by atoms with E-state index in [1.54, 1.807) is 0 Å². The Kier molecular flexibility index (Phi) is 3.63. The molecule has 0 bridgehead atoms. The molecule has 96 valence electrons. The Morgan fingerprint density at radius 3 is 2.56 bits per heavy atom. The van der Waals surface area contributed by atoms with E-state index in [1.165, 1.54) is 0 Å². The lowest BCUT2D eigenvalue weighted by Crippen LogP contribution is -2.12. The number of rotatable bonds is 4. The number of nitrogens with zero attached hydrogens (tertiary/aromatic N) is 2. The molecular weight excluding hydrogens is 244 g/mol. The monoisotopic (exact) mass is 255 g/mol. The molecule has 0 spiro atoms. The summed E-state index contributed by atoms with van der Waals surface area (Å²) in [5.74, 6) is -1.28. The summed E-state index contributed by atoms with van der Waals surface area (Å²) in [7, 11) is 0. The van der Waals surface area contributed by atoms with E-state index in [1.807, 2.05) is 0 Å². The van der Waals surface area contributed by atoms with Crippen molar-refractivity contribution < 1.29 is 18.4 Å². The summed E-state index contributed by atoms with van der Waals surface area (Å²) >= 11 is 0. The van der Waals surface area contributed by atoms with Gasteiger partial charge < -0.3 is 15.4 Å². The zero-order chi connectivity index (χ0) is 13.1. The van der Waals surface area contributed by atoms with Crippen LogP contribution in [0.15, 0.2) is 22.7 Å². The topological polar surface area (TPSA) is 85.2 Å². The van der Waals surface area contributed by atoms with Gasteiger partial charge in [0.2, 0.25) is 11.7 Å². The number of aromatic nitrogens is 2. The van der Waals surface area contributed by atoms with Crippen molar-refractivity contribution in [3.63, 3.8) is 0 Å². The van der Waals surface area contributed by atoms with E-state index in [-0.39, 0.29) is 30.3 Å². The zero-order valence-electron chi connectivity index (χ0n) is 9.31. The molecule has 7 heteroatoms. The summed E-state index contributed by atoms with van der Waals surface area (Å²) in [4.78, 5) is 3.93. The predicted octanol–water partition coefficient (Wildman–Crippen LogP) is 1.40. The molecule has 0 saturated carbocycles. The fourth-order valence-corrected chi connectivity index (χ4v) is 1.45. The second kappa shape index (κ2) is 5.19. The Labute approximate surface area is 101 Å². The molecule has 1 aromatic heterocycles. The highest BCUT2D eigenvalue weighted by Crippen LogP contribution is 2.21. The quantitative estimate of drug-likeness (QED) is 0.862. The number of hydrogen-bond donors (Lipinski definition) is 2. The van der Waals surface area contributed by atoms with Crippen LogP contribution in [0.4, 0.5) is 8.78 Å². The highest BCUT2D eigenvalue weighted by molar-refractivity contribution is 5.54. The largest absolute Gasteiger partial charge is 0.396 e. The molecule has 1 atom stereocenters. The zero-order valence-corrected chi connectivity index (χ0v) is 9.31. The summed E-state index contributed by atoms with van der Waals surface area (Å²) in [6.07, 6.45) is 0.263. The minimum Gasteiger partial charge on any atom is -0.396 e. The Balaban J connectivity index is 2.29. The highest BCUT2D eigenvalue weighted by atomic mass is 19.1. The molecule has 1 unspecified atom stereocenters. The first-order chi connectivity index (χ1) is 8.60. The normalized spacial score (nSPS) is 12.7. The van der Waals surface area contributed by atoms with Gasteiger partial charge in [-0.15, -0.1) is 0 Å². The van der Waals surface area contributed by atoms with Gasteiger partial charge in [0.25, 0.3) is 0 Å². The molecule has 0 aliphatic heterocycles. The van der Waals surface area contributed by atoms with Crippen LogP contribution < -0.4 is 5.73 Å². The second-order valence-electron chi connectivity index (χ2n) is 3.73. The van der Waals surface area contributed by atoms with Crippen LogP contribution in [-0.4, -0.2) is 21.9 Å². The van der Waals surface area contributed by atoms with Gasteiger partial charge in [0, 0.05) is 18.2 Å². The van der Waals surface area contributed by atoms with E-state index in [0.29, 0.717) is 0 Å². The third-order valence-corrected chi connectivity index (χ3v) is 2.32. The van der Waals surface area contributed by atoms with Crippen LogP contribution in [0.1, 0.15) is 18.4 Å². The molecule has 0 fully saturated rings. The first-order valence-electron chi connectivity index (χ1n) is 5.26. The van der Waals surface area contributed by atoms with E-state index >= 15 is 0 Å². The van der Waals surface area contributed by atoms with Gasteiger partial charge in [-0.2, -0.15) is 4.98 Å². The van der Waals surface area contributed by atoms with Crippen molar-refractivity contribution in [2.24, 2.45) is 5.73 Å². The van der Waals surface area contributed by atoms with Crippen molar-refractivity contribution >= 4 is 0 Å². The van der Waals surface area contributed by atoms with Gasteiger partial charge in [0.1, 0.15) is 11.6 Å². The third kappa shape index (κ3) is 2.69. The molecule has 2 rings (SSSR count). The number of aliphatic hydroxyl groups excluding tert-OH is 1. The maximum Gasteiger partial charge on any atom is 0.243 e. The van der Waals surface area contributed by atoms with Crippen molar-refractivity contribution in [3.8, 4) is 11.4 Å². The summed E-state index contributed by atoms with van der Waals surface area (Å²) in [5.41, 5.74) is 5.82. The number of aliphatic hydroxyl groups is 1. The third-order valence-electron chi connectivity index (χ3n) is 2.32. The predicted molar refractivity (Wildman–Crippen MR) is 58.3 cm³/mol. The van der Waals surface area contributed by atoms with Crippen molar-refractivity contribution in [2.75, 3.05) is 6.61 Å². The van der Waals surface area contributed by atoms with Crippen LogP contribution in [0, 0.1) is 11.6 Å². The van der Waals surface area contributed by atoms with Crippen LogP contribution >= 0.6 is 0 Å². The fourth-order valence-electron chi connectivity index (χ4n) is 1.45. The molecular formula is C11H11F2N3O2. The number of halogens is 2. The summed E-state index contributed by atoms with van der Waals surface area (Å²) in [6, 6.07) is 2.33. The molecule has 0 aliphatic rings. The number of nitrogens with two attached hydrogens (primary N) is 1. The van der Waals surface area contributed by atoms with Crippen molar-refractivity contribution in [1.82, 2.24) is 10.1 Å². The van der Waals surface area contributed by atoms with Crippen LogP contribution in [0.3, 0.4) is 0 Å². The van der Waals surface area contributed by atoms with E-state index in [4.69, 9.17) is 15.4 Å². The van der Waals surface area contributed by atoms with Gasteiger partial charge in [-0.3, -0.25) is 0 Å². The Bertz CT molecular complexity index is 525. The minimum absolute atomic E-state index is 0.0526. The second-order valence-corrected chi connectivity index (χ2v) is 3.73. The molecule has 18 heavy (non-hydrogen) atoms. The van der Waals surface area contributed by atoms with Crippen LogP contribution in [0.25, 0.3) is 11.4 Å². The lowest BCUT2D eigenvalue weighted by Gasteiger charge is -2.01. The molecule has 0 aliphatic carbocycles. The Morgan fingerprint density at radius 2 is 1.94 bits per heavy atom. The molecule has 0 saturated heterocycles. The van der Waals surface area contributed by atoms with Gasteiger partial charge in [-0.05, 0) is 18.6 Å². The van der Waals surface area contributed by atoms with E-state index in [9.17, 15) is 8.78 Å². The first-order valence-corrected chi connectivity index (χ1v) is 5.26. The standard InChI is InChI=1S/C11H11F2N3O2/c12-7-3-6(4-8(13)5-7)10-15-11(18-16-10)9(14)1-2-17/h3-5,9,17H,1-2,14H2. The van der Waals surface area contributed by atoms with Gasteiger partial charge >= 0.3 is 0 Å². The summed E-state index contributed by atoms with van der Waals surface area (Å²) < 4.78 is 30.9. The van der Waals surface area contributed by atoms with Crippen molar-refractivity contribution in [3.05, 3.63) is 35.7 Å². The Morgan fingerprint density at radius 1 is 1.28 bits per heavy atom. The van der Waals surface area contributed by atoms with Gasteiger partial charge in [-0.1, -0.05) is 5.16 Å². The van der Waals surface area contributed by atoms with Crippen LogP contribution in [0.2, 0.25) is 0 Å². The lowest BCUT2D eigenvalue weighted by atomic mass is 10.2. The molecule has 3 N–H and O–H groups in total. The smallest absolute Gasteiger partial charge is 0.243 e. The maximum atomic E-state index is 13.0. The van der Waals surface area contributed by atoms with E-state index in [2.05, 4.69) is 10.1 Å². The van der Waals surface area contributed by atoms with Gasteiger partial charge in [-0.25, -0.2) is 8.78 Å². The van der Waals surface area contributed by atoms with Gasteiger partial charge in [0.15, 0.2) is 0 Å². The lowest BCUT2D eigenvalue weighted by molar-refractivity contribution is 0.259. The number of benzene rings is 1. The summed E-state index contributed by atoms with van der Waals surface area (Å²) in [6.45, 7) is -0.118. The minimum atomic E-state index is -0.726. The summed E-state index contributed by atoms with van der Waals surface area (Å²) in [5, 5.41) is 12.3. The van der Waals surface area contributed by atoms with Crippen molar-refractivity contribution in [2.45, 2.75) is 12.5 Å². The van der Waals surface area contributed by atoms with Crippen LogP contribution in [-0.2, 0) is 0 Å². The molecule has 0 amide bonds. The van der Waals surface area contributed by atoms with Gasteiger partial charge in [0.05, 0.1) is 6.04 Å². The molecule has 5 nitrogen and oxygen atoms in total. The Hall–Kier alpha value is -1.86. The first kappa shape index (κ1) is 12.6. The molecule has 0 radical (unpaired) electrons.